The molecule has 1 aromatic heterocycles. The zero-order valence-electron chi connectivity index (χ0n) is 9.00. The molecule has 0 saturated heterocycles. The lowest BCUT2D eigenvalue weighted by Gasteiger charge is -2.08. The Morgan fingerprint density at radius 2 is 2.06 bits per heavy atom. The minimum atomic E-state index is 0.00320. The van der Waals surface area contributed by atoms with Gasteiger partial charge in [-0.1, -0.05) is 6.07 Å². The normalized spacial score (nSPS) is 10.4. The SMILES string of the molecule is Cc1ccc(OCCO)cc1-n1nccn1. The van der Waals surface area contributed by atoms with Crippen molar-refractivity contribution in [2.75, 3.05) is 13.2 Å². The molecule has 1 N–H and O–H groups in total. The molecule has 0 aliphatic heterocycles. The Balaban J connectivity index is 2.30. The third-order valence-corrected chi connectivity index (χ3v) is 2.17. The number of hydrogen-bond acceptors (Lipinski definition) is 4. The molecule has 0 aliphatic carbocycles. The van der Waals surface area contributed by atoms with Crippen LogP contribution >= 0.6 is 0 Å². The molecule has 1 heterocycles. The van der Waals surface area contributed by atoms with Crippen molar-refractivity contribution in [1.82, 2.24) is 15.0 Å². The topological polar surface area (TPSA) is 60.2 Å². The van der Waals surface area contributed by atoms with Gasteiger partial charge >= 0.3 is 0 Å². The first-order valence-electron chi connectivity index (χ1n) is 5.02. The Morgan fingerprint density at radius 1 is 1.31 bits per heavy atom. The molecule has 5 heteroatoms. The number of aliphatic hydroxyl groups is 1. The van der Waals surface area contributed by atoms with Crippen molar-refractivity contribution in [3.63, 3.8) is 0 Å². The van der Waals surface area contributed by atoms with Crippen LogP contribution in [0.3, 0.4) is 0 Å². The van der Waals surface area contributed by atoms with Gasteiger partial charge in [-0.2, -0.15) is 15.0 Å². The summed E-state index contributed by atoms with van der Waals surface area (Å²) in [5, 5.41) is 16.8. The lowest BCUT2D eigenvalue weighted by molar-refractivity contribution is 0.201. The van der Waals surface area contributed by atoms with E-state index < -0.39 is 0 Å². The predicted octanol–water partition coefficient (Wildman–Crippen LogP) is 0.947. The predicted molar refractivity (Wildman–Crippen MR) is 58.7 cm³/mol. The maximum absolute atomic E-state index is 8.68. The van der Waals surface area contributed by atoms with E-state index in [0.717, 1.165) is 11.3 Å². The fourth-order valence-corrected chi connectivity index (χ4v) is 1.40. The number of aryl methyl sites for hydroxylation is 1. The summed E-state index contributed by atoms with van der Waals surface area (Å²) in [6, 6.07) is 5.65. The number of benzene rings is 1. The van der Waals surface area contributed by atoms with Crippen molar-refractivity contribution in [2.24, 2.45) is 0 Å². The summed E-state index contributed by atoms with van der Waals surface area (Å²) in [4.78, 5) is 1.54. The zero-order valence-corrected chi connectivity index (χ0v) is 9.00. The van der Waals surface area contributed by atoms with Crippen LogP contribution < -0.4 is 4.74 Å². The second-order valence-electron chi connectivity index (χ2n) is 3.34. The summed E-state index contributed by atoms with van der Waals surface area (Å²) in [5.41, 5.74) is 1.94. The molecule has 0 spiro atoms. The van der Waals surface area contributed by atoms with Crippen LogP contribution in [0, 0.1) is 6.92 Å². The van der Waals surface area contributed by atoms with Crippen LogP contribution in [0.2, 0.25) is 0 Å². The van der Waals surface area contributed by atoms with Crippen LogP contribution in [0.5, 0.6) is 5.75 Å². The van der Waals surface area contributed by atoms with Crippen molar-refractivity contribution in [3.8, 4) is 11.4 Å². The van der Waals surface area contributed by atoms with Crippen molar-refractivity contribution >= 4 is 0 Å². The highest BCUT2D eigenvalue weighted by atomic mass is 16.5. The van der Waals surface area contributed by atoms with Gasteiger partial charge in [-0.15, -0.1) is 0 Å². The maximum atomic E-state index is 8.68. The third-order valence-electron chi connectivity index (χ3n) is 2.17. The van der Waals surface area contributed by atoms with Gasteiger partial charge in [0.2, 0.25) is 0 Å². The highest BCUT2D eigenvalue weighted by molar-refractivity contribution is 5.44. The average molecular weight is 219 g/mol. The van der Waals surface area contributed by atoms with Gasteiger partial charge in [0.1, 0.15) is 12.4 Å². The molecule has 16 heavy (non-hydrogen) atoms. The molecule has 1 aromatic carbocycles. The molecule has 0 radical (unpaired) electrons. The average Bonchev–Trinajstić information content (AvgIpc) is 2.81. The van der Waals surface area contributed by atoms with E-state index in [4.69, 9.17) is 9.84 Å². The number of rotatable bonds is 4. The molecule has 0 aliphatic rings. The van der Waals surface area contributed by atoms with Crippen molar-refractivity contribution in [3.05, 3.63) is 36.2 Å². The van der Waals surface area contributed by atoms with E-state index in [9.17, 15) is 0 Å². The van der Waals surface area contributed by atoms with E-state index >= 15 is 0 Å². The van der Waals surface area contributed by atoms with Crippen molar-refractivity contribution in [2.45, 2.75) is 6.92 Å². The molecule has 0 saturated carbocycles. The molecule has 0 amide bonds. The number of nitrogens with zero attached hydrogens (tertiary/aromatic N) is 3. The molecule has 84 valence electrons. The Morgan fingerprint density at radius 3 is 2.75 bits per heavy atom. The number of hydrogen-bond donors (Lipinski definition) is 1. The summed E-state index contributed by atoms with van der Waals surface area (Å²) in [7, 11) is 0. The van der Waals surface area contributed by atoms with E-state index in [0.29, 0.717) is 5.75 Å². The minimum Gasteiger partial charge on any atom is -0.491 e. The van der Waals surface area contributed by atoms with Gasteiger partial charge in [0.05, 0.1) is 24.7 Å². The lowest BCUT2D eigenvalue weighted by Crippen LogP contribution is -2.04. The van der Waals surface area contributed by atoms with Gasteiger partial charge in [-0.3, -0.25) is 0 Å². The fourth-order valence-electron chi connectivity index (χ4n) is 1.40. The van der Waals surface area contributed by atoms with E-state index in [1.165, 1.54) is 0 Å². The molecule has 5 nitrogen and oxygen atoms in total. The summed E-state index contributed by atoms with van der Waals surface area (Å²) in [5.74, 6) is 0.701. The van der Waals surface area contributed by atoms with Crippen molar-refractivity contribution < 1.29 is 9.84 Å². The Hall–Kier alpha value is -1.88. The van der Waals surface area contributed by atoms with Gasteiger partial charge in [0, 0.05) is 6.07 Å². The Labute approximate surface area is 93.3 Å². The first-order valence-corrected chi connectivity index (χ1v) is 5.02. The van der Waals surface area contributed by atoms with Crippen LogP contribution in [0.25, 0.3) is 5.69 Å². The van der Waals surface area contributed by atoms with Crippen LogP contribution in [-0.2, 0) is 0 Å². The third kappa shape index (κ3) is 2.20. The number of aliphatic hydroxyl groups excluding tert-OH is 1. The minimum absolute atomic E-state index is 0.00320. The first kappa shape index (κ1) is 10.6. The quantitative estimate of drug-likeness (QED) is 0.831. The maximum Gasteiger partial charge on any atom is 0.121 e. The van der Waals surface area contributed by atoms with Gasteiger partial charge in [-0.05, 0) is 18.6 Å². The molecule has 0 fully saturated rings. The fraction of sp³-hybridized carbons (Fsp3) is 0.273. The molecule has 2 aromatic rings. The van der Waals surface area contributed by atoms with Crippen LogP contribution in [0.15, 0.2) is 30.6 Å². The lowest BCUT2D eigenvalue weighted by atomic mass is 10.2. The Bertz CT molecular complexity index is 454. The van der Waals surface area contributed by atoms with E-state index in [-0.39, 0.29) is 13.2 Å². The first-order chi connectivity index (χ1) is 7.81. The van der Waals surface area contributed by atoms with Crippen LogP contribution in [-0.4, -0.2) is 33.3 Å². The molecule has 0 unspecified atom stereocenters. The van der Waals surface area contributed by atoms with Crippen molar-refractivity contribution in [1.29, 1.82) is 0 Å². The smallest absolute Gasteiger partial charge is 0.121 e. The van der Waals surface area contributed by atoms with Crippen LogP contribution in [0.4, 0.5) is 0 Å². The number of aromatic nitrogens is 3. The largest absolute Gasteiger partial charge is 0.491 e. The van der Waals surface area contributed by atoms with Crippen LogP contribution in [0.1, 0.15) is 5.56 Å². The summed E-state index contributed by atoms with van der Waals surface area (Å²) < 4.78 is 5.33. The molecule has 2 rings (SSSR count). The van der Waals surface area contributed by atoms with E-state index in [2.05, 4.69) is 10.2 Å². The second kappa shape index (κ2) is 4.76. The number of ether oxygens (including phenoxy) is 1. The van der Waals surface area contributed by atoms with Gasteiger partial charge in [-0.25, -0.2) is 0 Å². The van der Waals surface area contributed by atoms with Gasteiger partial charge < -0.3 is 9.84 Å². The summed E-state index contributed by atoms with van der Waals surface area (Å²) in [6.45, 7) is 2.27. The molecular formula is C11H13N3O2. The van der Waals surface area contributed by atoms with E-state index in [1.54, 1.807) is 17.2 Å². The molecule has 0 bridgehead atoms. The molecule has 0 atom stereocenters. The van der Waals surface area contributed by atoms with Gasteiger partial charge in [0.15, 0.2) is 0 Å². The second-order valence-corrected chi connectivity index (χ2v) is 3.34. The standard InChI is InChI=1S/C11H13N3O2/c1-9-2-3-10(16-7-6-15)8-11(9)14-12-4-5-13-14/h2-5,8,15H,6-7H2,1H3. The Kier molecular flexibility index (Phi) is 3.16. The van der Waals surface area contributed by atoms with E-state index in [1.807, 2.05) is 25.1 Å². The molecular weight excluding hydrogens is 206 g/mol. The highest BCUT2D eigenvalue weighted by Crippen LogP contribution is 2.19. The zero-order chi connectivity index (χ0) is 11.4. The highest BCUT2D eigenvalue weighted by Gasteiger charge is 2.04. The summed E-state index contributed by atoms with van der Waals surface area (Å²) >= 11 is 0. The monoisotopic (exact) mass is 219 g/mol. The van der Waals surface area contributed by atoms with Gasteiger partial charge in [0.25, 0.3) is 0 Å². The summed E-state index contributed by atoms with van der Waals surface area (Å²) in [6.07, 6.45) is 3.25.